The molecular formula is C6H7BFNO4. The van der Waals surface area contributed by atoms with Crippen LogP contribution in [0.4, 0.5) is 10.1 Å². The van der Waals surface area contributed by atoms with E-state index in [1.54, 1.807) is 0 Å². The summed E-state index contributed by atoms with van der Waals surface area (Å²) in [7, 11) is -0.750. The summed E-state index contributed by atoms with van der Waals surface area (Å²) in [5.74, 6) is -0.467. The molecule has 0 radical (unpaired) electrons. The molecule has 0 atom stereocenters. The monoisotopic (exact) mass is 187 g/mol. The van der Waals surface area contributed by atoms with E-state index < -0.39 is 18.4 Å². The molecule has 0 heterocycles. The van der Waals surface area contributed by atoms with Crippen molar-refractivity contribution in [3.05, 3.63) is 40.2 Å². The normalized spacial score (nSPS) is 8.23. The van der Waals surface area contributed by atoms with Gasteiger partial charge in [-0.2, -0.15) is 0 Å². The molecule has 1 aromatic carbocycles. The number of benzene rings is 1. The third-order valence-electron chi connectivity index (χ3n) is 1.04. The number of rotatable bonds is 1. The van der Waals surface area contributed by atoms with Crippen LogP contribution in [0.5, 0.6) is 0 Å². The summed E-state index contributed by atoms with van der Waals surface area (Å²) in [5.41, 5.74) is -0.0959. The summed E-state index contributed by atoms with van der Waals surface area (Å²) in [6, 6.07) is 4.35. The van der Waals surface area contributed by atoms with E-state index in [1.807, 2.05) is 0 Å². The Hall–Kier alpha value is -1.47. The van der Waals surface area contributed by atoms with Gasteiger partial charge in [0.05, 0.1) is 4.92 Å². The lowest BCUT2D eigenvalue weighted by molar-refractivity contribution is -0.384. The van der Waals surface area contributed by atoms with Crippen molar-refractivity contribution in [1.82, 2.24) is 0 Å². The van der Waals surface area contributed by atoms with Crippen molar-refractivity contribution in [2.24, 2.45) is 0 Å². The molecule has 0 spiro atoms. The van der Waals surface area contributed by atoms with Gasteiger partial charge >= 0.3 is 7.69 Å². The summed E-state index contributed by atoms with van der Waals surface area (Å²) in [6.07, 6.45) is 0. The highest BCUT2D eigenvalue weighted by atomic mass is 19.1. The van der Waals surface area contributed by atoms with E-state index in [1.165, 1.54) is 0 Å². The van der Waals surface area contributed by atoms with Crippen LogP contribution in [0.25, 0.3) is 0 Å². The molecule has 0 aliphatic heterocycles. The first-order chi connectivity index (χ1) is 6.11. The van der Waals surface area contributed by atoms with Gasteiger partial charge < -0.3 is 10.0 Å². The fraction of sp³-hybridized carbons (Fsp3) is 0. The Labute approximate surface area is 73.9 Å². The highest BCUT2D eigenvalue weighted by Gasteiger charge is 2.01. The van der Waals surface area contributed by atoms with Gasteiger partial charge in [0.2, 0.25) is 0 Å². The lowest BCUT2D eigenvalue weighted by atomic mass is 10.3. The summed E-state index contributed by atoms with van der Waals surface area (Å²) in [6.45, 7) is 0. The van der Waals surface area contributed by atoms with E-state index in [0.29, 0.717) is 0 Å². The molecule has 2 N–H and O–H groups in total. The number of halogens is 1. The molecule has 1 aromatic rings. The van der Waals surface area contributed by atoms with Gasteiger partial charge in [-0.15, -0.1) is 0 Å². The first-order valence-electron chi connectivity index (χ1n) is 3.23. The molecule has 1 rings (SSSR count). The smallest absolute Gasteiger partial charge is 0.430 e. The SMILES string of the molecule is O=[N+]([O-])c1ccc(F)cc1.OBO. The standard InChI is InChI=1S/C6H4FNO2.BH3O2/c7-5-1-3-6(4-2-5)8(9)10;2-1-3/h1-4H;1-3H. The fourth-order valence-electron chi connectivity index (χ4n) is 0.563. The number of hydrogen-bond acceptors (Lipinski definition) is 4. The zero-order valence-corrected chi connectivity index (χ0v) is 6.55. The van der Waals surface area contributed by atoms with E-state index in [4.69, 9.17) is 10.0 Å². The van der Waals surface area contributed by atoms with Crippen LogP contribution >= 0.6 is 0 Å². The molecule has 0 saturated heterocycles. The molecule has 0 bridgehead atoms. The largest absolute Gasteiger partial charge is 0.432 e. The zero-order chi connectivity index (χ0) is 10.3. The molecule has 0 aliphatic carbocycles. The summed E-state index contributed by atoms with van der Waals surface area (Å²) in [5, 5.41) is 24.2. The number of nitrogens with zero attached hydrogens (tertiary/aromatic N) is 1. The number of nitro benzene ring substituents is 1. The van der Waals surface area contributed by atoms with Gasteiger partial charge in [-0.1, -0.05) is 0 Å². The van der Waals surface area contributed by atoms with Crippen LogP contribution in [0, 0.1) is 15.9 Å². The van der Waals surface area contributed by atoms with E-state index >= 15 is 0 Å². The Balaban J connectivity index is 0.000000424. The maximum atomic E-state index is 12.1. The van der Waals surface area contributed by atoms with E-state index in [0.717, 1.165) is 24.3 Å². The second-order valence-electron chi connectivity index (χ2n) is 1.87. The molecule has 0 saturated carbocycles. The quantitative estimate of drug-likeness (QED) is 0.367. The lowest BCUT2D eigenvalue weighted by Gasteiger charge is -1.87. The highest BCUT2D eigenvalue weighted by Crippen LogP contribution is 2.09. The average Bonchev–Trinajstić information content (AvgIpc) is 2.06. The van der Waals surface area contributed by atoms with Gasteiger partial charge in [-0.05, 0) is 12.1 Å². The van der Waals surface area contributed by atoms with E-state index in [-0.39, 0.29) is 5.69 Å². The molecule has 0 fully saturated rings. The van der Waals surface area contributed by atoms with Gasteiger partial charge in [-0.3, -0.25) is 10.1 Å². The molecule has 70 valence electrons. The van der Waals surface area contributed by atoms with Gasteiger partial charge in [0.15, 0.2) is 0 Å². The molecule has 0 aliphatic rings. The van der Waals surface area contributed by atoms with Crippen LogP contribution < -0.4 is 0 Å². The van der Waals surface area contributed by atoms with Crippen LogP contribution in [-0.2, 0) is 0 Å². The maximum absolute atomic E-state index is 12.1. The Morgan fingerprint density at radius 3 is 2.00 bits per heavy atom. The van der Waals surface area contributed by atoms with Crippen molar-refractivity contribution < 1.29 is 19.4 Å². The molecule has 13 heavy (non-hydrogen) atoms. The van der Waals surface area contributed by atoms with E-state index in [2.05, 4.69) is 0 Å². The summed E-state index contributed by atoms with van der Waals surface area (Å²) < 4.78 is 12.1. The molecule has 7 heteroatoms. The number of hydrogen-bond donors (Lipinski definition) is 2. The topological polar surface area (TPSA) is 83.6 Å². The Morgan fingerprint density at radius 1 is 1.31 bits per heavy atom. The number of non-ortho nitro benzene ring substituents is 1. The molecule has 0 unspecified atom stereocenters. The van der Waals surface area contributed by atoms with E-state index in [9.17, 15) is 14.5 Å². The minimum absolute atomic E-state index is 0.0959. The van der Waals surface area contributed by atoms with Crippen LogP contribution in [-0.4, -0.2) is 22.7 Å². The summed E-state index contributed by atoms with van der Waals surface area (Å²) >= 11 is 0. The first kappa shape index (κ1) is 11.5. The minimum atomic E-state index is -0.750. The Kier molecular flexibility index (Phi) is 5.41. The average molecular weight is 187 g/mol. The lowest BCUT2D eigenvalue weighted by Crippen LogP contribution is -1.86. The van der Waals surface area contributed by atoms with Crippen molar-refractivity contribution in [2.45, 2.75) is 0 Å². The molecule has 5 nitrogen and oxygen atoms in total. The van der Waals surface area contributed by atoms with Gasteiger partial charge in [0.25, 0.3) is 5.69 Å². The molecule has 0 aromatic heterocycles. The van der Waals surface area contributed by atoms with Crippen LogP contribution in [0.2, 0.25) is 0 Å². The van der Waals surface area contributed by atoms with Crippen molar-refractivity contribution in [3.8, 4) is 0 Å². The third-order valence-corrected chi connectivity index (χ3v) is 1.04. The van der Waals surface area contributed by atoms with Gasteiger partial charge in [-0.25, -0.2) is 4.39 Å². The third kappa shape index (κ3) is 4.88. The minimum Gasteiger partial charge on any atom is -0.430 e. The van der Waals surface area contributed by atoms with Crippen molar-refractivity contribution >= 4 is 13.4 Å². The fourth-order valence-corrected chi connectivity index (χ4v) is 0.563. The van der Waals surface area contributed by atoms with Crippen molar-refractivity contribution in [2.75, 3.05) is 0 Å². The van der Waals surface area contributed by atoms with Crippen molar-refractivity contribution in [1.29, 1.82) is 0 Å². The highest BCUT2D eigenvalue weighted by molar-refractivity contribution is 6.13. The Morgan fingerprint density at radius 2 is 1.69 bits per heavy atom. The van der Waals surface area contributed by atoms with Gasteiger partial charge in [0.1, 0.15) is 5.82 Å². The summed E-state index contributed by atoms with van der Waals surface area (Å²) in [4.78, 5) is 9.43. The molecule has 0 amide bonds. The maximum Gasteiger partial charge on any atom is 0.432 e. The second-order valence-corrected chi connectivity index (χ2v) is 1.87. The second kappa shape index (κ2) is 6.10. The predicted molar refractivity (Wildman–Crippen MR) is 44.6 cm³/mol. The predicted octanol–water partition coefficient (Wildman–Crippen LogP) is -0.0286. The van der Waals surface area contributed by atoms with Crippen molar-refractivity contribution in [3.63, 3.8) is 0 Å². The van der Waals surface area contributed by atoms with Crippen LogP contribution in [0.15, 0.2) is 24.3 Å². The Bertz CT molecular complexity index is 266. The van der Waals surface area contributed by atoms with Crippen LogP contribution in [0.3, 0.4) is 0 Å². The van der Waals surface area contributed by atoms with Gasteiger partial charge in [0, 0.05) is 12.1 Å². The molecular weight excluding hydrogens is 180 g/mol. The first-order valence-corrected chi connectivity index (χ1v) is 3.23. The zero-order valence-electron chi connectivity index (χ0n) is 6.55. The van der Waals surface area contributed by atoms with Crippen LogP contribution in [0.1, 0.15) is 0 Å². The number of nitro groups is 1.